The molecule has 1 aromatic carbocycles. The van der Waals surface area contributed by atoms with E-state index in [9.17, 15) is 9.18 Å². The number of carbonyl (C=O) groups is 1. The van der Waals surface area contributed by atoms with Gasteiger partial charge in [-0.2, -0.15) is 0 Å². The molecule has 4 heteroatoms. The summed E-state index contributed by atoms with van der Waals surface area (Å²) in [7, 11) is 0. The number of nitrogens with one attached hydrogen (secondary N) is 1. The van der Waals surface area contributed by atoms with Crippen molar-refractivity contribution in [3.8, 4) is 0 Å². The highest BCUT2D eigenvalue weighted by atomic mass is 19.1. The van der Waals surface area contributed by atoms with E-state index in [-0.39, 0.29) is 17.1 Å². The van der Waals surface area contributed by atoms with E-state index in [1.807, 2.05) is 13.8 Å². The van der Waals surface area contributed by atoms with Crippen LogP contribution in [0.4, 0.5) is 10.1 Å². The van der Waals surface area contributed by atoms with Crippen molar-refractivity contribution >= 4 is 11.6 Å². The summed E-state index contributed by atoms with van der Waals surface area (Å²) < 4.78 is 14.0. The molecule has 2 fully saturated rings. The lowest BCUT2D eigenvalue weighted by Crippen LogP contribution is -2.52. The molecule has 1 aliphatic heterocycles. The van der Waals surface area contributed by atoms with Gasteiger partial charge in [-0.1, -0.05) is 12.1 Å². The lowest BCUT2D eigenvalue weighted by atomic mass is 10.0. The quantitative estimate of drug-likeness (QED) is 0.842. The van der Waals surface area contributed by atoms with Crippen LogP contribution in [0.15, 0.2) is 24.3 Å². The molecule has 2 aliphatic rings. The highest BCUT2D eigenvalue weighted by Crippen LogP contribution is 2.48. The zero-order valence-corrected chi connectivity index (χ0v) is 11.4. The third kappa shape index (κ3) is 2.14. The van der Waals surface area contributed by atoms with Crippen LogP contribution in [0.2, 0.25) is 0 Å². The first-order chi connectivity index (χ1) is 8.94. The van der Waals surface area contributed by atoms with Gasteiger partial charge in [-0.3, -0.25) is 4.79 Å². The van der Waals surface area contributed by atoms with Crippen LogP contribution in [0.1, 0.15) is 26.7 Å². The molecule has 102 valence electrons. The van der Waals surface area contributed by atoms with Crippen LogP contribution in [-0.2, 0) is 4.79 Å². The normalized spacial score (nSPS) is 24.4. The molecule has 1 aliphatic carbocycles. The summed E-state index contributed by atoms with van der Waals surface area (Å²) in [5.74, 6) is -0.384. The van der Waals surface area contributed by atoms with Crippen molar-refractivity contribution < 1.29 is 9.18 Å². The molecule has 3 rings (SSSR count). The van der Waals surface area contributed by atoms with Crippen LogP contribution in [0.25, 0.3) is 0 Å². The van der Waals surface area contributed by atoms with Crippen molar-refractivity contribution in [2.75, 3.05) is 18.0 Å². The Balaban J connectivity index is 2.01. The first-order valence-electron chi connectivity index (χ1n) is 6.75. The number of anilines is 1. The smallest absolute Gasteiger partial charge is 0.246 e. The van der Waals surface area contributed by atoms with E-state index in [0.29, 0.717) is 12.2 Å². The van der Waals surface area contributed by atoms with E-state index < -0.39 is 5.54 Å². The SMILES string of the molecule is CC1(C)NCC2(CC2)CN(c2ccccc2F)C1=O. The van der Waals surface area contributed by atoms with Gasteiger partial charge in [0.2, 0.25) is 5.91 Å². The van der Waals surface area contributed by atoms with Crippen LogP contribution < -0.4 is 10.2 Å². The molecule has 0 radical (unpaired) electrons. The van der Waals surface area contributed by atoms with E-state index in [1.165, 1.54) is 6.07 Å². The van der Waals surface area contributed by atoms with Gasteiger partial charge in [0.05, 0.1) is 11.2 Å². The van der Waals surface area contributed by atoms with Gasteiger partial charge in [-0.25, -0.2) is 4.39 Å². The van der Waals surface area contributed by atoms with Crippen molar-refractivity contribution in [2.45, 2.75) is 32.2 Å². The molecule has 3 nitrogen and oxygen atoms in total. The van der Waals surface area contributed by atoms with E-state index in [0.717, 1.165) is 19.4 Å². The van der Waals surface area contributed by atoms with Crippen molar-refractivity contribution in [1.29, 1.82) is 0 Å². The van der Waals surface area contributed by atoms with Crippen molar-refractivity contribution in [3.63, 3.8) is 0 Å². The maximum absolute atomic E-state index is 14.0. The second-order valence-electron chi connectivity index (χ2n) is 6.32. The third-order valence-electron chi connectivity index (χ3n) is 4.28. The third-order valence-corrected chi connectivity index (χ3v) is 4.28. The number of hydrogen-bond acceptors (Lipinski definition) is 2. The predicted molar refractivity (Wildman–Crippen MR) is 72.5 cm³/mol. The minimum Gasteiger partial charge on any atom is -0.307 e. The monoisotopic (exact) mass is 262 g/mol. The highest BCUT2D eigenvalue weighted by molar-refractivity contribution is 6.00. The van der Waals surface area contributed by atoms with Crippen LogP contribution in [0.3, 0.4) is 0 Å². The molecule has 1 saturated heterocycles. The zero-order chi connectivity index (χ0) is 13.7. The first-order valence-corrected chi connectivity index (χ1v) is 6.75. The van der Waals surface area contributed by atoms with Gasteiger partial charge in [0, 0.05) is 18.5 Å². The van der Waals surface area contributed by atoms with Gasteiger partial charge in [0.1, 0.15) is 5.82 Å². The van der Waals surface area contributed by atoms with E-state index in [4.69, 9.17) is 0 Å². The summed E-state index contributed by atoms with van der Waals surface area (Å²) in [6.07, 6.45) is 2.21. The summed E-state index contributed by atoms with van der Waals surface area (Å²) in [6.45, 7) is 5.18. The predicted octanol–water partition coefficient (Wildman–Crippen LogP) is 2.32. The number of halogens is 1. The molecule has 0 aromatic heterocycles. The zero-order valence-electron chi connectivity index (χ0n) is 11.4. The summed E-state index contributed by atoms with van der Waals surface area (Å²) in [6, 6.07) is 6.52. The Morgan fingerprint density at radius 3 is 2.58 bits per heavy atom. The molecular formula is C15H19FN2O. The van der Waals surface area contributed by atoms with Gasteiger partial charge in [-0.05, 0) is 38.8 Å². The van der Waals surface area contributed by atoms with Crippen molar-refractivity contribution in [2.24, 2.45) is 5.41 Å². The maximum atomic E-state index is 14.0. The van der Waals surface area contributed by atoms with Crippen LogP contribution in [0, 0.1) is 11.2 Å². The summed E-state index contributed by atoms with van der Waals surface area (Å²) in [4.78, 5) is 14.3. The van der Waals surface area contributed by atoms with Gasteiger partial charge in [0.25, 0.3) is 0 Å². The summed E-state index contributed by atoms with van der Waals surface area (Å²) in [5, 5.41) is 3.33. The molecular weight excluding hydrogens is 243 g/mol. The minimum atomic E-state index is -0.644. The molecule has 1 aromatic rings. The number of para-hydroxylation sites is 1. The first kappa shape index (κ1) is 12.6. The summed E-state index contributed by atoms with van der Waals surface area (Å²) >= 11 is 0. The van der Waals surface area contributed by atoms with Crippen LogP contribution >= 0.6 is 0 Å². The Bertz CT molecular complexity index is 523. The number of benzene rings is 1. The Morgan fingerprint density at radius 2 is 1.95 bits per heavy atom. The number of carbonyl (C=O) groups excluding carboxylic acids is 1. The van der Waals surface area contributed by atoms with Crippen LogP contribution in [0.5, 0.6) is 0 Å². The lowest BCUT2D eigenvalue weighted by molar-refractivity contribution is -0.123. The second kappa shape index (κ2) is 4.04. The number of amides is 1. The van der Waals surface area contributed by atoms with Gasteiger partial charge < -0.3 is 10.2 Å². The molecule has 1 saturated carbocycles. The molecule has 1 amide bonds. The Hall–Kier alpha value is -1.42. The molecule has 1 heterocycles. The summed E-state index contributed by atoms with van der Waals surface area (Å²) in [5.41, 5.74) is -0.101. The lowest BCUT2D eigenvalue weighted by Gasteiger charge is -2.29. The van der Waals surface area contributed by atoms with Gasteiger partial charge in [-0.15, -0.1) is 0 Å². The fourth-order valence-electron chi connectivity index (χ4n) is 2.66. The molecule has 0 unspecified atom stereocenters. The van der Waals surface area contributed by atoms with Gasteiger partial charge >= 0.3 is 0 Å². The van der Waals surface area contributed by atoms with E-state index in [1.54, 1.807) is 23.1 Å². The fourth-order valence-corrected chi connectivity index (χ4v) is 2.66. The average molecular weight is 262 g/mol. The van der Waals surface area contributed by atoms with Crippen LogP contribution in [-0.4, -0.2) is 24.5 Å². The highest BCUT2D eigenvalue weighted by Gasteiger charge is 2.50. The minimum absolute atomic E-state index is 0.0543. The van der Waals surface area contributed by atoms with Crippen molar-refractivity contribution in [1.82, 2.24) is 5.32 Å². The topological polar surface area (TPSA) is 32.3 Å². The second-order valence-corrected chi connectivity index (χ2v) is 6.32. The average Bonchev–Trinajstić information content (AvgIpc) is 3.15. The van der Waals surface area contributed by atoms with Crippen molar-refractivity contribution in [3.05, 3.63) is 30.1 Å². The number of nitrogens with zero attached hydrogens (tertiary/aromatic N) is 1. The number of hydrogen-bond donors (Lipinski definition) is 1. The molecule has 0 bridgehead atoms. The Kier molecular flexibility index (Phi) is 2.68. The molecule has 19 heavy (non-hydrogen) atoms. The van der Waals surface area contributed by atoms with E-state index >= 15 is 0 Å². The maximum Gasteiger partial charge on any atom is 0.246 e. The molecule has 0 atom stereocenters. The van der Waals surface area contributed by atoms with E-state index in [2.05, 4.69) is 5.32 Å². The Morgan fingerprint density at radius 1 is 1.26 bits per heavy atom. The Labute approximate surface area is 112 Å². The number of rotatable bonds is 1. The molecule has 1 N–H and O–H groups in total. The largest absolute Gasteiger partial charge is 0.307 e. The molecule has 1 spiro atoms. The van der Waals surface area contributed by atoms with Gasteiger partial charge in [0.15, 0.2) is 0 Å². The standard InChI is InChI=1S/C15H19FN2O/c1-14(2)13(19)18(10-15(7-8-15)9-17-14)12-6-4-3-5-11(12)16/h3-6,17H,7-10H2,1-2H3. The fraction of sp³-hybridized carbons (Fsp3) is 0.533.